The molecule has 0 unspecified atom stereocenters. The summed E-state index contributed by atoms with van der Waals surface area (Å²) in [5.74, 6) is 0.264. The SMILES string of the molecule is CCn1c(SCC(N)=O)nnc1-c1ccnc(C(C)=O)c1. The highest BCUT2D eigenvalue weighted by Gasteiger charge is 2.15. The molecule has 110 valence electrons. The lowest BCUT2D eigenvalue weighted by Gasteiger charge is -2.07. The third-order valence-electron chi connectivity index (χ3n) is 2.76. The molecule has 0 aliphatic heterocycles. The number of carbonyl (C=O) groups is 2. The molecule has 0 spiro atoms. The third kappa shape index (κ3) is 3.46. The lowest BCUT2D eigenvalue weighted by atomic mass is 10.2. The van der Waals surface area contributed by atoms with Crippen LogP contribution in [0.15, 0.2) is 23.5 Å². The maximum Gasteiger partial charge on any atom is 0.227 e. The van der Waals surface area contributed by atoms with Crippen LogP contribution in [0.5, 0.6) is 0 Å². The van der Waals surface area contributed by atoms with Crippen molar-refractivity contribution in [2.75, 3.05) is 5.75 Å². The zero-order valence-electron chi connectivity index (χ0n) is 11.7. The monoisotopic (exact) mass is 305 g/mol. The van der Waals surface area contributed by atoms with Gasteiger partial charge in [-0.1, -0.05) is 11.8 Å². The summed E-state index contributed by atoms with van der Waals surface area (Å²) >= 11 is 1.24. The van der Waals surface area contributed by atoms with Crippen LogP contribution in [0.2, 0.25) is 0 Å². The first-order valence-electron chi connectivity index (χ1n) is 6.34. The molecular formula is C13H15N5O2S. The molecule has 0 radical (unpaired) electrons. The van der Waals surface area contributed by atoms with Crippen LogP contribution in [-0.4, -0.2) is 37.2 Å². The smallest absolute Gasteiger partial charge is 0.227 e. The van der Waals surface area contributed by atoms with E-state index in [0.717, 1.165) is 5.56 Å². The molecule has 7 nitrogen and oxygen atoms in total. The molecule has 1 amide bonds. The number of carbonyl (C=O) groups excluding carboxylic acids is 2. The average molecular weight is 305 g/mol. The number of rotatable bonds is 6. The van der Waals surface area contributed by atoms with Gasteiger partial charge in [-0.05, 0) is 19.1 Å². The second kappa shape index (κ2) is 6.49. The maximum atomic E-state index is 11.4. The van der Waals surface area contributed by atoms with Crippen LogP contribution in [0, 0.1) is 0 Å². The minimum Gasteiger partial charge on any atom is -0.369 e. The van der Waals surface area contributed by atoms with Crippen LogP contribution in [0.4, 0.5) is 0 Å². The van der Waals surface area contributed by atoms with E-state index in [1.807, 2.05) is 11.5 Å². The molecule has 21 heavy (non-hydrogen) atoms. The van der Waals surface area contributed by atoms with Gasteiger partial charge in [0.1, 0.15) is 5.69 Å². The number of primary amides is 1. The molecule has 0 aliphatic carbocycles. The zero-order valence-corrected chi connectivity index (χ0v) is 12.6. The number of thioether (sulfide) groups is 1. The van der Waals surface area contributed by atoms with Gasteiger partial charge in [-0.3, -0.25) is 14.6 Å². The molecule has 2 aromatic rings. The van der Waals surface area contributed by atoms with Crippen molar-refractivity contribution in [3.8, 4) is 11.4 Å². The summed E-state index contributed by atoms with van der Waals surface area (Å²) in [7, 11) is 0. The quantitative estimate of drug-likeness (QED) is 0.634. The Morgan fingerprint density at radius 3 is 2.76 bits per heavy atom. The molecular weight excluding hydrogens is 290 g/mol. The van der Waals surface area contributed by atoms with E-state index in [9.17, 15) is 9.59 Å². The number of ketones is 1. The van der Waals surface area contributed by atoms with Gasteiger partial charge in [0.05, 0.1) is 5.75 Å². The Morgan fingerprint density at radius 2 is 2.14 bits per heavy atom. The number of Topliss-reactive ketones (excluding diaryl/α,β-unsaturated/α-hetero) is 1. The largest absolute Gasteiger partial charge is 0.369 e. The Kier molecular flexibility index (Phi) is 4.69. The summed E-state index contributed by atoms with van der Waals surface area (Å²) in [6.45, 7) is 4.06. The Balaban J connectivity index is 2.38. The first-order valence-corrected chi connectivity index (χ1v) is 7.33. The van der Waals surface area contributed by atoms with E-state index in [2.05, 4.69) is 15.2 Å². The predicted molar refractivity (Wildman–Crippen MR) is 78.8 cm³/mol. The topological polar surface area (TPSA) is 104 Å². The van der Waals surface area contributed by atoms with Crippen molar-refractivity contribution in [1.82, 2.24) is 19.7 Å². The van der Waals surface area contributed by atoms with Crippen molar-refractivity contribution in [2.45, 2.75) is 25.5 Å². The van der Waals surface area contributed by atoms with E-state index in [0.29, 0.717) is 23.2 Å². The van der Waals surface area contributed by atoms with Gasteiger partial charge in [-0.25, -0.2) is 0 Å². The first-order chi connectivity index (χ1) is 10.0. The van der Waals surface area contributed by atoms with E-state index in [1.54, 1.807) is 18.3 Å². The summed E-state index contributed by atoms with van der Waals surface area (Å²) < 4.78 is 1.87. The fourth-order valence-electron chi connectivity index (χ4n) is 1.79. The van der Waals surface area contributed by atoms with Gasteiger partial charge in [0.2, 0.25) is 5.91 Å². The normalized spacial score (nSPS) is 10.6. The molecule has 2 heterocycles. The van der Waals surface area contributed by atoms with E-state index in [-0.39, 0.29) is 11.5 Å². The number of nitrogens with zero attached hydrogens (tertiary/aromatic N) is 4. The molecule has 0 aromatic carbocycles. The lowest BCUT2D eigenvalue weighted by Crippen LogP contribution is -2.13. The van der Waals surface area contributed by atoms with Crippen molar-refractivity contribution in [1.29, 1.82) is 0 Å². The zero-order chi connectivity index (χ0) is 15.4. The third-order valence-corrected chi connectivity index (χ3v) is 3.74. The molecule has 0 fully saturated rings. The molecule has 0 saturated carbocycles. The van der Waals surface area contributed by atoms with Crippen LogP contribution >= 0.6 is 11.8 Å². The molecule has 0 aliphatic rings. The fourth-order valence-corrected chi connectivity index (χ4v) is 2.53. The van der Waals surface area contributed by atoms with Crippen LogP contribution in [-0.2, 0) is 11.3 Å². The van der Waals surface area contributed by atoms with Gasteiger partial charge < -0.3 is 10.3 Å². The Morgan fingerprint density at radius 1 is 1.38 bits per heavy atom. The van der Waals surface area contributed by atoms with Gasteiger partial charge in [-0.2, -0.15) is 0 Å². The fraction of sp³-hybridized carbons (Fsp3) is 0.308. The van der Waals surface area contributed by atoms with Crippen LogP contribution in [0.25, 0.3) is 11.4 Å². The maximum absolute atomic E-state index is 11.4. The number of hydrogen-bond acceptors (Lipinski definition) is 6. The molecule has 2 N–H and O–H groups in total. The van der Waals surface area contributed by atoms with Crippen LogP contribution in [0.3, 0.4) is 0 Å². The Bertz CT molecular complexity index is 683. The van der Waals surface area contributed by atoms with Crippen molar-refractivity contribution in [3.63, 3.8) is 0 Å². The van der Waals surface area contributed by atoms with E-state index in [4.69, 9.17) is 5.73 Å². The van der Waals surface area contributed by atoms with Crippen LogP contribution in [0.1, 0.15) is 24.3 Å². The average Bonchev–Trinajstić information content (AvgIpc) is 2.88. The van der Waals surface area contributed by atoms with Crippen molar-refractivity contribution in [2.24, 2.45) is 5.73 Å². The van der Waals surface area contributed by atoms with E-state index >= 15 is 0 Å². The van der Waals surface area contributed by atoms with Gasteiger partial charge in [0, 0.05) is 25.2 Å². The number of nitrogens with two attached hydrogens (primary N) is 1. The number of pyridine rings is 1. The second-order valence-corrected chi connectivity index (χ2v) is 5.23. The van der Waals surface area contributed by atoms with Crippen molar-refractivity contribution >= 4 is 23.5 Å². The van der Waals surface area contributed by atoms with Crippen LogP contribution < -0.4 is 5.73 Å². The first kappa shape index (κ1) is 15.2. The summed E-state index contributed by atoms with van der Waals surface area (Å²) in [6, 6.07) is 3.45. The Labute approximate surface area is 126 Å². The lowest BCUT2D eigenvalue weighted by molar-refractivity contribution is -0.115. The minimum absolute atomic E-state index is 0.109. The molecule has 0 bridgehead atoms. The summed E-state index contributed by atoms with van der Waals surface area (Å²) in [5, 5.41) is 8.83. The Hall–Kier alpha value is -2.22. The predicted octanol–water partition coefficient (Wildman–Crippen LogP) is 1.14. The molecule has 0 saturated heterocycles. The summed E-state index contributed by atoms with van der Waals surface area (Å²) in [6.07, 6.45) is 1.57. The van der Waals surface area contributed by atoms with E-state index < -0.39 is 5.91 Å². The van der Waals surface area contributed by atoms with Crippen molar-refractivity contribution < 1.29 is 9.59 Å². The summed E-state index contributed by atoms with van der Waals surface area (Å²) in [5.41, 5.74) is 6.28. The molecule has 8 heteroatoms. The summed E-state index contributed by atoms with van der Waals surface area (Å²) in [4.78, 5) is 26.3. The minimum atomic E-state index is -0.407. The number of aromatic nitrogens is 4. The second-order valence-electron chi connectivity index (χ2n) is 4.29. The highest BCUT2D eigenvalue weighted by atomic mass is 32.2. The van der Waals surface area contributed by atoms with Gasteiger partial charge in [0.25, 0.3) is 0 Å². The molecule has 0 atom stereocenters. The van der Waals surface area contributed by atoms with Crippen molar-refractivity contribution in [3.05, 3.63) is 24.0 Å². The van der Waals surface area contributed by atoms with Gasteiger partial charge in [0.15, 0.2) is 16.8 Å². The van der Waals surface area contributed by atoms with Gasteiger partial charge >= 0.3 is 0 Å². The van der Waals surface area contributed by atoms with Gasteiger partial charge in [-0.15, -0.1) is 10.2 Å². The standard InChI is InChI=1S/C13H15N5O2S/c1-3-18-12(16-17-13(18)21-7-11(14)20)9-4-5-15-10(6-9)8(2)19/h4-6H,3,7H2,1-2H3,(H2,14,20). The van der Waals surface area contributed by atoms with E-state index in [1.165, 1.54) is 18.7 Å². The molecule has 2 rings (SSSR count). The number of hydrogen-bond donors (Lipinski definition) is 1. The highest BCUT2D eigenvalue weighted by Crippen LogP contribution is 2.24. The highest BCUT2D eigenvalue weighted by molar-refractivity contribution is 7.99. The number of amides is 1. The molecule has 2 aromatic heterocycles.